The van der Waals surface area contributed by atoms with Crippen LogP contribution in [0.15, 0.2) is 0 Å². The maximum Gasteiger partial charge on any atom is 0.404 e. The highest BCUT2D eigenvalue weighted by molar-refractivity contribution is 7.91. The molecule has 0 radical (unpaired) electrons. The first kappa shape index (κ1) is 9.06. The standard InChI is InChI=1S/C3H6F3NOS/c1-2(7-9-8)3(4,5)6/h2,7-8H,1H3. The maximum absolute atomic E-state index is 11.4. The molecule has 6 heteroatoms. The zero-order valence-corrected chi connectivity index (χ0v) is 5.38. The SMILES string of the molecule is CC(NSO)C(F)(F)F. The van der Waals surface area contributed by atoms with E-state index in [-0.39, 0.29) is 12.2 Å². The average Bonchev–Trinajstić information content (AvgIpc) is 1.64. The fourth-order valence-electron chi connectivity index (χ4n) is 0.146. The Kier molecular flexibility index (Phi) is 3.31. The molecule has 0 aromatic heterocycles. The van der Waals surface area contributed by atoms with Crippen molar-refractivity contribution in [2.24, 2.45) is 0 Å². The van der Waals surface area contributed by atoms with E-state index >= 15 is 0 Å². The summed E-state index contributed by atoms with van der Waals surface area (Å²) in [5, 5.41) is 0. The smallest absolute Gasteiger partial charge is 0.317 e. The van der Waals surface area contributed by atoms with Crippen LogP contribution in [0.2, 0.25) is 0 Å². The second kappa shape index (κ2) is 3.28. The Bertz CT molecular complexity index is 85.6. The van der Waals surface area contributed by atoms with Crippen molar-refractivity contribution < 1.29 is 17.7 Å². The summed E-state index contributed by atoms with van der Waals surface area (Å²) in [6.45, 7) is 0.920. The minimum absolute atomic E-state index is 0.0334. The Labute approximate surface area is 54.8 Å². The van der Waals surface area contributed by atoms with Gasteiger partial charge < -0.3 is 4.55 Å². The largest absolute Gasteiger partial charge is 0.404 e. The van der Waals surface area contributed by atoms with Crippen LogP contribution < -0.4 is 4.72 Å². The van der Waals surface area contributed by atoms with Gasteiger partial charge >= 0.3 is 6.18 Å². The van der Waals surface area contributed by atoms with Crippen LogP contribution >= 0.6 is 12.2 Å². The third-order valence-electron chi connectivity index (χ3n) is 0.720. The summed E-state index contributed by atoms with van der Waals surface area (Å²) in [5.41, 5.74) is 0. The molecule has 2 N–H and O–H groups in total. The van der Waals surface area contributed by atoms with Crippen LogP contribution in [-0.2, 0) is 0 Å². The highest BCUT2D eigenvalue weighted by Gasteiger charge is 2.35. The molecule has 0 amide bonds. The van der Waals surface area contributed by atoms with Gasteiger partial charge in [0.25, 0.3) is 0 Å². The number of halogens is 3. The van der Waals surface area contributed by atoms with Crippen LogP contribution in [0.5, 0.6) is 0 Å². The Morgan fingerprint density at radius 1 is 1.56 bits per heavy atom. The second-order valence-corrected chi connectivity index (χ2v) is 1.89. The summed E-state index contributed by atoms with van der Waals surface area (Å²) in [6.07, 6.45) is -4.28. The molecule has 0 aliphatic carbocycles. The topological polar surface area (TPSA) is 32.3 Å². The molecule has 0 fully saturated rings. The first-order valence-electron chi connectivity index (χ1n) is 2.11. The Balaban J connectivity index is 3.59. The number of rotatable bonds is 2. The van der Waals surface area contributed by atoms with Crippen LogP contribution in [0.3, 0.4) is 0 Å². The molecular formula is C3H6F3NOS. The number of nitrogens with one attached hydrogen (secondary N) is 1. The molecule has 0 bridgehead atoms. The summed E-state index contributed by atoms with van der Waals surface area (Å²) >= 11 is -0.0334. The summed E-state index contributed by atoms with van der Waals surface area (Å²) in [5.74, 6) is 0. The number of alkyl halides is 3. The Morgan fingerprint density at radius 3 is 2.11 bits per heavy atom. The summed E-state index contributed by atoms with van der Waals surface area (Å²) in [7, 11) is 0. The lowest BCUT2D eigenvalue weighted by atomic mass is 10.4. The lowest BCUT2D eigenvalue weighted by Gasteiger charge is -2.13. The summed E-state index contributed by atoms with van der Waals surface area (Å²) in [4.78, 5) is 0. The molecule has 0 spiro atoms. The molecule has 0 aromatic rings. The number of hydrogen-bond donors (Lipinski definition) is 2. The van der Waals surface area contributed by atoms with E-state index < -0.39 is 12.2 Å². The molecule has 0 aromatic carbocycles. The van der Waals surface area contributed by atoms with Crippen molar-refractivity contribution in [1.82, 2.24) is 4.72 Å². The normalized spacial score (nSPS) is 15.7. The van der Waals surface area contributed by atoms with Gasteiger partial charge in [0, 0.05) is 0 Å². The lowest BCUT2D eigenvalue weighted by molar-refractivity contribution is -0.146. The van der Waals surface area contributed by atoms with Gasteiger partial charge in [-0.2, -0.15) is 13.2 Å². The Morgan fingerprint density at radius 2 is 2.00 bits per heavy atom. The highest BCUT2D eigenvalue weighted by Crippen LogP contribution is 2.20. The van der Waals surface area contributed by atoms with Crippen molar-refractivity contribution in [2.75, 3.05) is 0 Å². The van der Waals surface area contributed by atoms with Crippen molar-refractivity contribution in [3.8, 4) is 0 Å². The van der Waals surface area contributed by atoms with E-state index in [1.807, 2.05) is 0 Å². The van der Waals surface area contributed by atoms with E-state index in [2.05, 4.69) is 0 Å². The molecule has 0 heterocycles. The first-order chi connectivity index (χ1) is 3.98. The fraction of sp³-hybridized carbons (Fsp3) is 1.00. The first-order valence-corrected chi connectivity index (χ1v) is 2.88. The van der Waals surface area contributed by atoms with E-state index in [4.69, 9.17) is 4.55 Å². The minimum atomic E-state index is -4.28. The van der Waals surface area contributed by atoms with Crippen molar-refractivity contribution in [3.63, 3.8) is 0 Å². The van der Waals surface area contributed by atoms with Crippen LogP contribution in [0, 0.1) is 0 Å². The van der Waals surface area contributed by atoms with E-state index in [1.165, 1.54) is 0 Å². The molecule has 0 aliphatic rings. The molecule has 1 unspecified atom stereocenters. The van der Waals surface area contributed by atoms with Crippen LogP contribution in [0.1, 0.15) is 6.92 Å². The van der Waals surface area contributed by atoms with Gasteiger partial charge in [0.15, 0.2) is 0 Å². The van der Waals surface area contributed by atoms with E-state index in [1.54, 1.807) is 4.72 Å². The van der Waals surface area contributed by atoms with Gasteiger partial charge in [0.2, 0.25) is 0 Å². The quantitative estimate of drug-likeness (QED) is 0.477. The molecule has 0 rings (SSSR count). The van der Waals surface area contributed by atoms with Crippen molar-refractivity contribution in [1.29, 1.82) is 0 Å². The summed E-state index contributed by atoms with van der Waals surface area (Å²) in [6, 6.07) is -1.67. The van der Waals surface area contributed by atoms with Gasteiger partial charge in [-0.1, -0.05) is 0 Å². The molecular weight excluding hydrogens is 155 g/mol. The molecule has 0 saturated carbocycles. The third-order valence-corrected chi connectivity index (χ3v) is 1.18. The summed E-state index contributed by atoms with van der Waals surface area (Å²) < 4.78 is 44.0. The van der Waals surface area contributed by atoms with E-state index in [0.29, 0.717) is 0 Å². The predicted molar refractivity (Wildman–Crippen MR) is 28.9 cm³/mol. The van der Waals surface area contributed by atoms with Crippen molar-refractivity contribution in [3.05, 3.63) is 0 Å². The zero-order chi connectivity index (χ0) is 7.49. The highest BCUT2D eigenvalue weighted by atomic mass is 32.2. The van der Waals surface area contributed by atoms with Gasteiger partial charge in [-0.3, -0.25) is 0 Å². The zero-order valence-electron chi connectivity index (χ0n) is 4.57. The van der Waals surface area contributed by atoms with Gasteiger partial charge in [-0.05, 0) is 6.92 Å². The Hall–Kier alpha value is 0.0600. The molecule has 56 valence electrons. The van der Waals surface area contributed by atoms with Gasteiger partial charge in [0.1, 0.15) is 6.04 Å². The molecule has 0 saturated heterocycles. The number of hydrogen-bond acceptors (Lipinski definition) is 3. The monoisotopic (exact) mass is 161 g/mol. The van der Waals surface area contributed by atoms with Gasteiger partial charge in [-0.25, -0.2) is 4.72 Å². The van der Waals surface area contributed by atoms with Crippen LogP contribution in [0.25, 0.3) is 0 Å². The average molecular weight is 161 g/mol. The predicted octanol–water partition coefficient (Wildman–Crippen LogP) is 1.65. The third kappa shape index (κ3) is 3.61. The molecule has 2 nitrogen and oxygen atoms in total. The molecule has 1 atom stereocenters. The van der Waals surface area contributed by atoms with E-state index in [9.17, 15) is 13.2 Å². The second-order valence-electron chi connectivity index (χ2n) is 1.47. The van der Waals surface area contributed by atoms with Crippen molar-refractivity contribution in [2.45, 2.75) is 19.1 Å². The molecule has 0 aliphatic heterocycles. The van der Waals surface area contributed by atoms with Crippen LogP contribution in [-0.4, -0.2) is 16.8 Å². The lowest BCUT2D eigenvalue weighted by Crippen LogP contribution is -2.35. The van der Waals surface area contributed by atoms with Gasteiger partial charge in [-0.15, -0.1) is 0 Å². The fourth-order valence-corrected chi connectivity index (χ4v) is 0.438. The maximum atomic E-state index is 11.4. The van der Waals surface area contributed by atoms with E-state index in [0.717, 1.165) is 6.92 Å². The minimum Gasteiger partial charge on any atom is -0.317 e. The molecule has 9 heavy (non-hydrogen) atoms. The van der Waals surface area contributed by atoms with Crippen molar-refractivity contribution >= 4 is 12.2 Å². The van der Waals surface area contributed by atoms with Crippen LogP contribution in [0.4, 0.5) is 13.2 Å². The van der Waals surface area contributed by atoms with Gasteiger partial charge in [0.05, 0.1) is 12.2 Å².